The molecule has 0 spiro atoms. The molecule has 122 valence electrons. The van der Waals surface area contributed by atoms with Gasteiger partial charge in [0.25, 0.3) is 5.91 Å². The number of carbonyl (C=O) groups is 1. The minimum atomic E-state index is -3.49. The van der Waals surface area contributed by atoms with Gasteiger partial charge in [0.1, 0.15) is 0 Å². The molecular weight excluding hydrogens is 322 g/mol. The maximum atomic E-state index is 12.6. The number of likely N-dealkylation sites (tertiary alicyclic amines) is 2. The predicted octanol–water partition coefficient (Wildman–Crippen LogP) is 0.680. The fourth-order valence-corrected chi connectivity index (χ4v) is 5.60. The fourth-order valence-electron chi connectivity index (χ4n) is 3.63. The topological polar surface area (TPSA) is 69.7 Å². The van der Waals surface area contributed by atoms with Gasteiger partial charge in [0.15, 0.2) is 0 Å². The van der Waals surface area contributed by atoms with Gasteiger partial charge in [-0.05, 0) is 26.1 Å². The second kappa shape index (κ2) is 5.30. The third-order valence-corrected chi connectivity index (χ3v) is 7.26. The summed E-state index contributed by atoms with van der Waals surface area (Å²) in [6, 6.07) is 1.47. The van der Waals surface area contributed by atoms with Gasteiger partial charge in [-0.2, -0.15) is 0 Å². The lowest BCUT2D eigenvalue weighted by atomic mass is 9.83. The van der Waals surface area contributed by atoms with E-state index in [2.05, 4.69) is 23.6 Å². The summed E-state index contributed by atoms with van der Waals surface area (Å²) in [5, 5.41) is 1.52. The number of carbonyl (C=O) groups excluding carboxylic acids is 1. The Bertz CT molecular complexity index is 700. The van der Waals surface area contributed by atoms with E-state index in [9.17, 15) is 13.2 Å². The standard InChI is InChI=1S/C14H21N3O3S2/c1-14-8-16(3)5-10(14)6-17(9-14)13(18)12-4-11(7-21-12)22(19,20)15-2/h4,7,10,15H,5-6,8-9H2,1-3H3/t10-,14+/m0/s1. The van der Waals surface area contributed by atoms with Crippen LogP contribution in [0.5, 0.6) is 0 Å². The molecule has 1 aromatic rings. The van der Waals surface area contributed by atoms with Gasteiger partial charge in [0.2, 0.25) is 10.0 Å². The number of nitrogens with one attached hydrogen (secondary N) is 1. The zero-order chi connectivity index (χ0) is 16.1. The van der Waals surface area contributed by atoms with Crippen LogP contribution in [0.25, 0.3) is 0 Å². The Morgan fingerprint density at radius 3 is 2.77 bits per heavy atom. The lowest BCUT2D eigenvalue weighted by Crippen LogP contribution is -2.34. The average molecular weight is 343 g/mol. The number of hydrogen-bond acceptors (Lipinski definition) is 5. The highest BCUT2D eigenvalue weighted by Crippen LogP contribution is 2.42. The molecule has 2 atom stereocenters. The normalized spacial score (nSPS) is 29.0. The van der Waals surface area contributed by atoms with Crippen LogP contribution in [0.3, 0.4) is 0 Å². The maximum absolute atomic E-state index is 12.6. The van der Waals surface area contributed by atoms with E-state index in [1.165, 1.54) is 29.8 Å². The SMILES string of the molecule is CNS(=O)(=O)c1csc(C(=O)N2C[C@@H]3CN(C)C[C@]3(C)C2)c1. The smallest absolute Gasteiger partial charge is 0.263 e. The first kappa shape index (κ1) is 15.9. The molecule has 1 amide bonds. The quantitative estimate of drug-likeness (QED) is 0.876. The molecule has 1 aromatic heterocycles. The molecule has 0 aromatic carbocycles. The highest BCUT2D eigenvalue weighted by atomic mass is 32.2. The van der Waals surface area contributed by atoms with E-state index in [0.717, 1.165) is 26.2 Å². The molecule has 2 saturated heterocycles. The number of sulfonamides is 1. The summed E-state index contributed by atoms with van der Waals surface area (Å²) in [5.74, 6) is 0.447. The second-order valence-corrected chi connectivity index (χ2v) is 9.39. The summed E-state index contributed by atoms with van der Waals surface area (Å²) in [4.78, 5) is 17.5. The van der Waals surface area contributed by atoms with Crippen molar-refractivity contribution in [3.63, 3.8) is 0 Å². The molecule has 0 radical (unpaired) electrons. The number of fused-ring (bicyclic) bond motifs is 1. The van der Waals surface area contributed by atoms with Gasteiger partial charge in [-0.25, -0.2) is 13.1 Å². The van der Waals surface area contributed by atoms with Crippen molar-refractivity contribution in [2.45, 2.75) is 11.8 Å². The van der Waals surface area contributed by atoms with E-state index in [0.29, 0.717) is 10.8 Å². The van der Waals surface area contributed by atoms with Crippen LogP contribution in [-0.4, -0.2) is 64.4 Å². The Morgan fingerprint density at radius 2 is 2.14 bits per heavy atom. The predicted molar refractivity (Wildman–Crippen MR) is 85.6 cm³/mol. The van der Waals surface area contributed by atoms with Crippen molar-refractivity contribution in [3.05, 3.63) is 16.3 Å². The zero-order valence-corrected chi connectivity index (χ0v) is 14.6. The van der Waals surface area contributed by atoms with Crippen LogP contribution in [0.1, 0.15) is 16.6 Å². The minimum Gasteiger partial charge on any atom is -0.337 e. The Morgan fingerprint density at radius 1 is 1.41 bits per heavy atom. The molecule has 0 bridgehead atoms. The highest BCUT2D eigenvalue weighted by molar-refractivity contribution is 7.89. The van der Waals surface area contributed by atoms with Crippen LogP contribution in [0.2, 0.25) is 0 Å². The number of thiophene rings is 1. The summed E-state index contributed by atoms with van der Waals surface area (Å²) in [6.45, 7) is 5.76. The lowest BCUT2D eigenvalue weighted by Gasteiger charge is -2.23. The molecule has 22 heavy (non-hydrogen) atoms. The number of amides is 1. The Balaban J connectivity index is 1.77. The number of rotatable bonds is 3. The van der Waals surface area contributed by atoms with E-state index in [1.54, 1.807) is 0 Å². The van der Waals surface area contributed by atoms with Gasteiger partial charge < -0.3 is 9.80 Å². The maximum Gasteiger partial charge on any atom is 0.263 e. The summed E-state index contributed by atoms with van der Waals surface area (Å²) >= 11 is 1.19. The highest BCUT2D eigenvalue weighted by Gasteiger charge is 2.49. The van der Waals surface area contributed by atoms with Crippen molar-refractivity contribution >= 4 is 27.3 Å². The van der Waals surface area contributed by atoms with Gasteiger partial charge in [-0.15, -0.1) is 11.3 Å². The van der Waals surface area contributed by atoms with Crippen LogP contribution < -0.4 is 4.72 Å². The van der Waals surface area contributed by atoms with E-state index in [1.807, 2.05) is 4.90 Å². The first-order valence-electron chi connectivity index (χ1n) is 7.25. The number of nitrogens with zero attached hydrogens (tertiary/aromatic N) is 2. The van der Waals surface area contributed by atoms with Gasteiger partial charge in [-0.1, -0.05) is 6.92 Å². The molecule has 2 aliphatic rings. The van der Waals surface area contributed by atoms with E-state index in [-0.39, 0.29) is 16.2 Å². The van der Waals surface area contributed by atoms with E-state index < -0.39 is 10.0 Å². The van der Waals surface area contributed by atoms with E-state index >= 15 is 0 Å². The summed E-state index contributed by atoms with van der Waals surface area (Å²) in [6.07, 6.45) is 0. The monoisotopic (exact) mass is 343 g/mol. The zero-order valence-electron chi connectivity index (χ0n) is 13.0. The second-order valence-electron chi connectivity index (χ2n) is 6.59. The minimum absolute atomic E-state index is 0.0548. The van der Waals surface area contributed by atoms with Crippen LogP contribution >= 0.6 is 11.3 Å². The molecule has 2 fully saturated rings. The van der Waals surface area contributed by atoms with Gasteiger partial charge in [-0.3, -0.25) is 4.79 Å². The van der Waals surface area contributed by atoms with Crippen LogP contribution in [0.4, 0.5) is 0 Å². The molecule has 1 N–H and O–H groups in total. The third kappa shape index (κ3) is 2.58. The van der Waals surface area contributed by atoms with Gasteiger partial charge in [0, 0.05) is 37.0 Å². The van der Waals surface area contributed by atoms with Crippen molar-refractivity contribution < 1.29 is 13.2 Å². The Kier molecular flexibility index (Phi) is 3.83. The lowest BCUT2D eigenvalue weighted by molar-refractivity contribution is 0.0770. The largest absolute Gasteiger partial charge is 0.337 e. The molecule has 2 aliphatic heterocycles. The molecular formula is C14H21N3O3S2. The molecule has 0 unspecified atom stereocenters. The first-order chi connectivity index (χ1) is 10.2. The van der Waals surface area contributed by atoms with Gasteiger partial charge >= 0.3 is 0 Å². The van der Waals surface area contributed by atoms with Crippen molar-refractivity contribution in [3.8, 4) is 0 Å². The van der Waals surface area contributed by atoms with Crippen LogP contribution in [-0.2, 0) is 10.0 Å². The van der Waals surface area contributed by atoms with Crippen LogP contribution in [0.15, 0.2) is 16.3 Å². The molecule has 6 nitrogen and oxygen atoms in total. The summed E-state index contributed by atoms with van der Waals surface area (Å²) in [7, 11) is -0.00226. The average Bonchev–Trinajstić information content (AvgIpc) is 3.09. The summed E-state index contributed by atoms with van der Waals surface area (Å²) in [5.41, 5.74) is 0.154. The molecule has 0 aliphatic carbocycles. The van der Waals surface area contributed by atoms with Crippen molar-refractivity contribution in [1.29, 1.82) is 0 Å². The van der Waals surface area contributed by atoms with Crippen molar-refractivity contribution in [2.24, 2.45) is 11.3 Å². The van der Waals surface area contributed by atoms with Crippen LogP contribution in [0, 0.1) is 11.3 Å². The van der Waals surface area contributed by atoms with Crippen molar-refractivity contribution in [2.75, 3.05) is 40.3 Å². The van der Waals surface area contributed by atoms with E-state index in [4.69, 9.17) is 0 Å². The molecule has 3 rings (SSSR count). The molecule has 0 saturated carbocycles. The van der Waals surface area contributed by atoms with Gasteiger partial charge in [0.05, 0.1) is 9.77 Å². The number of hydrogen-bond donors (Lipinski definition) is 1. The summed E-state index contributed by atoms with van der Waals surface area (Å²) < 4.78 is 25.8. The van der Waals surface area contributed by atoms with Crippen molar-refractivity contribution in [1.82, 2.24) is 14.5 Å². The molecule has 3 heterocycles. The third-order valence-electron chi connectivity index (χ3n) is 4.79. The Labute approximate surface area is 135 Å². The first-order valence-corrected chi connectivity index (χ1v) is 9.61. The fraction of sp³-hybridized carbons (Fsp3) is 0.643. The Hall–Kier alpha value is -0.960. The molecule has 8 heteroatoms.